The Morgan fingerprint density at radius 2 is 0.808 bits per heavy atom. The van der Waals surface area contributed by atoms with Gasteiger partial charge in [-0.15, -0.1) is 0 Å². The zero-order chi connectivity index (χ0) is 17.5. The molecule has 4 heteroatoms. The topological polar surface area (TPSA) is 40.6 Å². The molecule has 2 aliphatic carbocycles. The number of guanidine groups is 1. The van der Waals surface area contributed by atoms with Crippen LogP contribution in [0, 0.1) is 14.9 Å². The fraction of sp³-hybridized carbons (Fsp3) is 0.864. The van der Waals surface area contributed by atoms with E-state index in [2.05, 4.69) is 15.6 Å². The van der Waals surface area contributed by atoms with Crippen molar-refractivity contribution >= 4 is 5.96 Å². The molecule has 3 nitrogen and oxygen atoms in total. The first kappa shape index (κ1) is 33.6. The monoisotopic (exact) mass is 401 g/mol. The Bertz CT molecular complexity index is 244. The molecule has 2 fully saturated rings. The molecular formula is C22H47N3Ti. The van der Waals surface area contributed by atoms with Crippen LogP contribution in [-0.2, 0) is 21.7 Å². The van der Waals surface area contributed by atoms with Crippen LogP contribution >= 0.6 is 0 Å². The van der Waals surface area contributed by atoms with Crippen molar-refractivity contribution in [3.05, 3.63) is 25.5 Å². The summed E-state index contributed by atoms with van der Waals surface area (Å²) in [6, 6.07) is 0.792. The SMILES string of the molecule is C1CCCC1.C1CCCC1.CC(C)N=C([N-]C(C)C)[N-]C(C)C.[CH3-].[CH3-].[Ti+4]. The molecule has 0 unspecified atom stereocenters. The Morgan fingerprint density at radius 3 is 0.962 bits per heavy atom. The molecule has 154 valence electrons. The van der Waals surface area contributed by atoms with Crippen LogP contribution in [0.5, 0.6) is 0 Å². The number of hydrogen-bond acceptors (Lipinski definition) is 1. The van der Waals surface area contributed by atoms with Crippen LogP contribution in [0.3, 0.4) is 0 Å². The van der Waals surface area contributed by atoms with E-state index in [4.69, 9.17) is 0 Å². The van der Waals surface area contributed by atoms with E-state index in [9.17, 15) is 0 Å². The Hall–Kier alpha value is -0.0157. The van der Waals surface area contributed by atoms with Gasteiger partial charge in [0.2, 0.25) is 0 Å². The average Bonchev–Trinajstić information content (AvgIpc) is 3.16. The fourth-order valence-corrected chi connectivity index (χ4v) is 2.56. The summed E-state index contributed by atoms with van der Waals surface area (Å²) in [5.41, 5.74) is 0. The Balaban J connectivity index is -0.000000154. The van der Waals surface area contributed by atoms with Crippen LogP contribution in [0.15, 0.2) is 4.99 Å². The van der Waals surface area contributed by atoms with Crippen molar-refractivity contribution in [2.24, 2.45) is 4.99 Å². The van der Waals surface area contributed by atoms with E-state index in [-0.39, 0.29) is 54.7 Å². The van der Waals surface area contributed by atoms with Crippen LogP contribution in [0.4, 0.5) is 0 Å². The van der Waals surface area contributed by atoms with Crippen LogP contribution in [0.2, 0.25) is 0 Å². The minimum absolute atomic E-state index is 0. The first-order valence-corrected chi connectivity index (χ1v) is 9.91. The fourth-order valence-electron chi connectivity index (χ4n) is 2.56. The first-order valence-electron chi connectivity index (χ1n) is 9.91. The van der Waals surface area contributed by atoms with Crippen LogP contribution < -0.4 is 0 Å². The molecule has 0 aliphatic heterocycles. The molecule has 0 amide bonds. The van der Waals surface area contributed by atoms with Crippen LogP contribution in [0.1, 0.15) is 106 Å². The molecule has 0 aromatic heterocycles. The second-order valence-electron chi connectivity index (χ2n) is 7.50. The van der Waals surface area contributed by atoms with Gasteiger partial charge in [0.25, 0.3) is 0 Å². The summed E-state index contributed by atoms with van der Waals surface area (Å²) >= 11 is 0. The van der Waals surface area contributed by atoms with Gasteiger partial charge in [0.1, 0.15) is 0 Å². The van der Waals surface area contributed by atoms with E-state index in [1.165, 1.54) is 64.2 Å². The van der Waals surface area contributed by atoms with E-state index in [0.717, 1.165) is 0 Å². The molecule has 2 aliphatic rings. The zero-order valence-electron chi connectivity index (χ0n) is 19.1. The van der Waals surface area contributed by atoms with Crippen molar-refractivity contribution in [3.63, 3.8) is 0 Å². The van der Waals surface area contributed by atoms with E-state index in [1.54, 1.807) is 0 Å². The number of rotatable bonds is 3. The molecule has 2 saturated carbocycles. The number of aliphatic imine (C=N–C) groups is 1. The molecule has 0 saturated heterocycles. The Labute approximate surface area is 181 Å². The predicted octanol–water partition coefficient (Wildman–Crippen LogP) is 8.11. The van der Waals surface area contributed by atoms with Gasteiger partial charge in [0, 0.05) is 0 Å². The molecule has 2 rings (SSSR count). The molecule has 0 N–H and O–H groups in total. The maximum Gasteiger partial charge on any atom is 4.00 e. The minimum atomic E-state index is 0. The van der Waals surface area contributed by atoms with Gasteiger partial charge in [-0.2, -0.15) is 5.96 Å². The molecule has 0 atom stereocenters. The molecule has 0 heterocycles. The summed E-state index contributed by atoms with van der Waals surface area (Å²) < 4.78 is 0. The number of nitrogens with zero attached hydrogens (tertiary/aromatic N) is 3. The van der Waals surface area contributed by atoms with E-state index in [0.29, 0.717) is 5.96 Å². The normalized spacial score (nSPS) is 14.7. The predicted molar refractivity (Wildman–Crippen MR) is 119 cm³/mol. The summed E-state index contributed by atoms with van der Waals surface area (Å²) in [5.74, 6) is 0.653. The van der Waals surface area contributed by atoms with Gasteiger partial charge in [-0.05, 0) is 0 Å². The summed E-state index contributed by atoms with van der Waals surface area (Å²) in [7, 11) is 0. The summed E-state index contributed by atoms with van der Waals surface area (Å²) in [6.07, 6.45) is 15.0. The molecule has 0 aromatic rings. The second kappa shape index (κ2) is 23.0. The molecular weight excluding hydrogens is 354 g/mol. The average molecular weight is 402 g/mol. The molecule has 0 radical (unpaired) electrons. The van der Waals surface area contributed by atoms with E-state index < -0.39 is 0 Å². The van der Waals surface area contributed by atoms with Crippen molar-refractivity contribution in [3.8, 4) is 0 Å². The van der Waals surface area contributed by atoms with Crippen molar-refractivity contribution in [2.45, 2.75) is 124 Å². The van der Waals surface area contributed by atoms with E-state index >= 15 is 0 Å². The van der Waals surface area contributed by atoms with Crippen LogP contribution in [0.25, 0.3) is 10.6 Å². The molecule has 0 spiro atoms. The summed E-state index contributed by atoms with van der Waals surface area (Å²) in [5, 5.41) is 8.68. The molecule has 0 aromatic carbocycles. The standard InChI is InChI=1S/C10H21N3.2C5H10.2CH3.Ti/c1-7(2)11-10(12-8(3)4)13-9(5)6;2*1-2-4-5-3-1;;;/h7-9H,1-6H3;2*1-5H2;2*1H3;/q-2;;;2*-1;+4. The van der Waals surface area contributed by atoms with Gasteiger partial charge >= 0.3 is 21.7 Å². The molecule has 26 heavy (non-hydrogen) atoms. The second-order valence-corrected chi connectivity index (χ2v) is 7.50. The van der Waals surface area contributed by atoms with Crippen molar-refractivity contribution < 1.29 is 21.7 Å². The maximum atomic E-state index is 4.34. The number of hydrogen-bond donors (Lipinski definition) is 0. The molecule has 0 bridgehead atoms. The minimum Gasteiger partial charge on any atom is -0.550 e. The quantitative estimate of drug-likeness (QED) is 0.198. The zero-order valence-corrected chi connectivity index (χ0v) is 20.7. The smallest absolute Gasteiger partial charge is 0.550 e. The first-order chi connectivity index (χ1) is 10.9. The third kappa shape index (κ3) is 26.2. The van der Waals surface area contributed by atoms with Gasteiger partial charge in [-0.1, -0.05) is 124 Å². The largest absolute Gasteiger partial charge is 4.00 e. The third-order valence-corrected chi connectivity index (χ3v) is 3.62. The summed E-state index contributed by atoms with van der Waals surface area (Å²) in [4.78, 5) is 4.34. The van der Waals surface area contributed by atoms with Crippen LogP contribution in [-0.4, -0.2) is 24.1 Å². The van der Waals surface area contributed by atoms with Gasteiger partial charge in [0.15, 0.2) is 0 Å². The Morgan fingerprint density at radius 1 is 0.577 bits per heavy atom. The van der Waals surface area contributed by atoms with Crippen molar-refractivity contribution in [1.82, 2.24) is 0 Å². The van der Waals surface area contributed by atoms with E-state index in [1.807, 2.05) is 41.5 Å². The third-order valence-electron chi connectivity index (χ3n) is 3.62. The van der Waals surface area contributed by atoms with Crippen molar-refractivity contribution in [2.75, 3.05) is 0 Å². The van der Waals surface area contributed by atoms with Gasteiger partial charge in [-0.25, -0.2) is 0 Å². The van der Waals surface area contributed by atoms with Crippen molar-refractivity contribution in [1.29, 1.82) is 0 Å². The van der Waals surface area contributed by atoms with Gasteiger partial charge in [-0.3, -0.25) is 0 Å². The summed E-state index contributed by atoms with van der Waals surface area (Å²) in [6.45, 7) is 12.2. The maximum absolute atomic E-state index is 4.34. The van der Waals surface area contributed by atoms with Gasteiger partial charge < -0.3 is 30.5 Å². The Kier molecular flexibility index (Phi) is 29.7. The van der Waals surface area contributed by atoms with Gasteiger partial charge in [0.05, 0.1) is 0 Å².